The quantitative estimate of drug-likeness (QED) is 0.334. The van der Waals surface area contributed by atoms with Gasteiger partial charge in [0.05, 0.1) is 5.56 Å². The van der Waals surface area contributed by atoms with E-state index in [1.807, 2.05) is 5.43 Å². The molecule has 1 heterocycles. The van der Waals surface area contributed by atoms with E-state index in [9.17, 15) is 24.2 Å². The van der Waals surface area contributed by atoms with Crippen molar-refractivity contribution in [2.45, 2.75) is 4.90 Å². The number of nitrogens with zero attached hydrogens (tertiary/aromatic N) is 1. The maximum atomic E-state index is 12.6. The third-order valence-electron chi connectivity index (χ3n) is 2.75. The second-order valence-electron chi connectivity index (χ2n) is 4.49. The van der Waals surface area contributed by atoms with Crippen LogP contribution in [0, 0.1) is 0 Å². The first-order chi connectivity index (χ1) is 10.4. The normalized spacial score (nSPS) is 14.5. The van der Waals surface area contributed by atoms with Gasteiger partial charge in [-0.2, -0.15) is 0 Å². The molecular formula is C12H11F5N4OS. The molecule has 0 saturated carbocycles. The molecule has 0 atom stereocenters. The van der Waals surface area contributed by atoms with Crippen LogP contribution in [0.2, 0.25) is 0 Å². The van der Waals surface area contributed by atoms with E-state index < -0.39 is 21.0 Å². The van der Waals surface area contributed by atoms with E-state index in [4.69, 9.17) is 5.84 Å². The number of anilines is 2. The van der Waals surface area contributed by atoms with Crippen molar-refractivity contribution < 1.29 is 24.2 Å². The second kappa shape index (κ2) is 4.80. The van der Waals surface area contributed by atoms with E-state index in [2.05, 4.69) is 10.3 Å². The highest BCUT2D eigenvalue weighted by Crippen LogP contribution is 3.02. The molecule has 1 aromatic carbocycles. The lowest BCUT2D eigenvalue weighted by Crippen LogP contribution is -2.30. The maximum absolute atomic E-state index is 12.6. The number of nitrogens with one attached hydrogen (secondary N) is 2. The van der Waals surface area contributed by atoms with Gasteiger partial charge < -0.3 is 5.32 Å². The molecule has 126 valence electrons. The number of halogens is 5. The minimum atomic E-state index is -9.71. The second-order valence-corrected chi connectivity index (χ2v) is 6.90. The minimum absolute atomic E-state index is 0.00976. The summed E-state index contributed by atoms with van der Waals surface area (Å²) in [5, 5.41) is 2.56. The number of aromatic nitrogens is 1. The number of rotatable bonds is 4. The van der Waals surface area contributed by atoms with Gasteiger partial charge in [-0.15, -0.1) is 0 Å². The highest BCUT2D eigenvalue weighted by Gasteiger charge is 2.65. The number of hydrogen-bond donors (Lipinski definition) is 3. The SMILES string of the molecule is NNC(=O)c1cccnc1Nc1ccc(S(F)(F)(F)(F)F)cc1. The molecule has 0 aliphatic rings. The summed E-state index contributed by atoms with van der Waals surface area (Å²) in [5.41, 5.74) is 1.96. The summed E-state index contributed by atoms with van der Waals surface area (Å²) in [7, 11) is -9.71. The number of nitrogen functional groups attached to an aromatic ring is 1. The van der Waals surface area contributed by atoms with Gasteiger partial charge in [-0.25, -0.2) is 10.8 Å². The van der Waals surface area contributed by atoms with Crippen molar-refractivity contribution in [3.63, 3.8) is 0 Å². The Hall–Kier alpha value is -2.40. The number of carbonyl (C=O) groups excluding carboxylic acids is 1. The Balaban J connectivity index is 2.32. The Labute approximate surface area is 127 Å². The molecule has 0 aliphatic carbocycles. The van der Waals surface area contributed by atoms with E-state index in [1.165, 1.54) is 18.3 Å². The van der Waals surface area contributed by atoms with E-state index in [0.717, 1.165) is 12.1 Å². The largest absolute Gasteiger partial charge is 0.340 e. The summed E-state index contributed by atoms with van der Waals surface area (Å²) in [5.74, 6) is 4.34. The predicted molar refractivity (Wildman–Crippen MR) is 77.0 cm³/mol. The Morgan fingerprint density at radius 2 is 1.65 bits per heavy atom. The molecule has 0 bridgehead atoms. The Morgan fingerprint density at radius 3 is 2.17 bits per heavy atom. The molecule has 0 fully saturated rings. The molecular weight excluding hydrogens is 343 g/mol. The first-order valence-electron chi connectivity index (χ1n) is 5.98. The van der Waals surface area contributed by atoms with Crippen molar-refractivity contribution in [3.05, 3.63) is 48.2 Å². The van der Waals surface area contributed by atoms with Crippen LogP contribution in [0.25, 0.3) is 0 Å². The molecule has 0 radical (unpaired) electrons. The van der Waals surface area contributed by atoms with Crippen LogP contribution < -0.4 is 16.6 Å². The lowest BCUT2D eigenvalue weighted by molar-refractivity contribution is 0.0954. The van der Waals surface area contributed by atoms with Crippen LogP contribution in [0.5, 0.6) is 0 Å². The van der Waals surface area contributed by atoms with Crippen molar-refractivity contribution in [2.24, 2.45) is 5.84 Å². The number of hydrogen-bond acceptors (Lipinski definition) is 4. The van der Waals surface area contributed by atoms with Crippen LogP contribution in [-0.2, 0) is 0 Å². The third-order valence-corrected chi connectivity index (χ3v) is 3.91. The summed E-state index contributed by atoms with van der Waals surface area (Å²) in [6.07, 6.45) is 1.33. The zero-order chi connectivity index (χ0) is 17.4. The smallest absolute Gasteiger partial charge is 0.310 e. The Kier molecular flexibility index (Phi) is 3.54. The van der Waals surface area contributed by atoms with Crippen LogP contribution in [0.15, 0.2) is 47.5 Å². The summed E-state index contributed by atoms with van der Waals surface area (Å²) >= 11 is 0. The number of amides is 1. The molecule has 5 nitrogen and oxygen atoms in total. The van der Waals surface area contributed by atoms with Gasteiger partial charge >= 0.3 is 10.2 Å². The predicted octanol–water partition coefficient (Wildman–Crippen LogP) is 4.09. The molecule has 0 aliphatic heterocycles. The number of hydrazine groups is 1. The molecule has 11 heteroatoms. The fraction of sp³-hybridized carbons (Fsp3) is 0. The van der Waals surface area contributed by atoms with Crippen molar-refractivity contribution in [1.82, 2.24) is 10.4 Å². The van der Waals surface area contributed by atoms with Crippen molar-refractivity contribution >= 4 is 27.6 Å². The van der Waals surface area contributed by atoms with Gasteiger partial charge in [-0.3, -0.25) is 10.2 Å². The van der Waals surface area contributed by atoms with Crippen LogP contribution in [0.3, 0.4) is 0 Å². The lowest BCUT2D eigenvalue weighted by atomic mass is 10.2. The minimum Gasteiger partial charge on any atom is -0.340 e. The highest BCUT2D eigenvalue weighted by atomic mass is 32.5. The molecule has 0 spiro atoms. The van der Waals surface area contributed by atoms with E-state index in [1.54, 1.807) is 0 Å². The van der Waals surface area contributed by atoms with E-state index in [0.29, 0.717) is 0 Å². The first-order valence-corrected chi connectivity index (χ1v) is 7.93. The number of benzene rings is 1. The van der Waals surface area contributed by atoms with Crippen LogP contribution in [0.1, 0.15) is 10.4 Å². The van der Waals surface area contributed by atoms with Crippen molar-refractivity contribution in [1.29, 1.82) is 0 Å². The van der Waals surface area contributed by atoms with Gasteiger partial charge in [0.2, 0.25) is 0 Å². The molecule has 2 rings (SSSR count). The summed E-state index contributed by atoms with van der Waals surface area (Å²) in [6, 6.07) is 4.97. The number of nitrogens with two attached hydrogens (primary N) is 1. The molecule has 1 aromatic heterocycles. The maximum Gasteiger partial charge on any atom is 0.310 e. The summed E-state index contributed by atoms with van der Waals surface area (Å²) in [4.78, 5) is 13.4. The fourth-order valence-corrected chi connectivity index (χ4v) is 2.35. The summed E-state index contributed by atoms with van der Waals surface area (Å²) in [6.45, 7) is 0. The highest BCUT2D eigenvalue weighted by molar-refractivity contribution is 8.45. The van der Waals surface area contributed by atoms with Crippen LogP contribution >= 0.6 is 10.2 Å². The average Bonchev–Trinajstić information content (AvgIpc) is 2.45. The fourth-order valence-electron chi connectivity index (χ4n) is 1.70. The van der Waals surface area contributed by atoms with Crippen LogP contribution in [-0.4, -0.2) is 10.9 Å². The average molecular weight is 354 g/mol. The monoisotopic (exact) mass is 354 g/mol. The molecule has 1 amide bonds. The third kappa shape index (κ3) is 4.07. The molecule has 0 unspecified atom stereocenters. The molecule has 2 aromatic rings. The van der Waals surface area contributed by atoms with Crippen LogP contribution in [0.4, 0.5) is 30.9 Å². The lowest BCUT2D eigenvalue weighted by Gasteiger charge is -2.40. The topological polar surface area (TPSA) is 80.0 Å². The van der Waals surface area contributed by atoms with Gasteiger partial charge in [-0.05, 0) is 36.4 Å². The van der Waals surface area contributed by atoms with Crippen molar-refractivity contribution in [3.8, 4) is 0 Å². The number of carbonyl (C=O) groups is 1. The van der Waals surface area contributed by atoms with Crippen molar-refractivity contribution in [2.75, 3.05) is 5.32 Å². The van der Waals surface area contributed by atoms with Gasteiger partial charge in [0.15, 0.2) is 0 Å². The Morgan fingerprint density at radius 1 is 1.04 bits per heavy atom. The zero-order valence-corrected chi connectivity index (χ0v) is 12.1. The van der Waals surface area contributed by atoms with Gasteiger partial charge in [0, 0.05) is 11.9 Å². The zero-order valence-electron chi connectivity index (χ0n) is 11.3. The molecule has 4 N–H and O–H groups in total. The van der Waals surface area contributed by atoms with Gasteiger partial charge in [0.1, 0.15) is 10.7 Å². The Bertz CT molecular complexity index is 748. The van der Waals surface area contributed by atoms with E-state index in [-0.39, 0.29) is 29.2 Å². The van der Waals surface area contributed by atoms with E-state index >= 15 is 0 Å². The van der Waals surface area contributed by atoms with Gasteiger partial charge in [-0.1, -0.05) is 19.4 Å². The number of pyridine rings is 1. The summed E-state index contributed by atoms with van der Waals surface area (Å²) < 4.78 is 63.1. The van der Waals surface area contributed by atoms with Gasteiger partial charge in [0.25, 0.3) is 5.91 Å². The first kappa shape index (κ1) is 17.0. The molecule has 23 heavy (non-hydrogen) atoms. The molecule has 0 saturated heterocycles. The standard InChI is InChI=1S/C12H11F5N4OS/c13-23(14,15,16,17)9-5-3-8(4-6-9)20-11-10(12(22)21-18)2-1-7-19-11/h1-7H,18H2,(H,19,20)(H,21,22).